The van der Waals surface area contributed by atoms with Crippen molar-refractivity contribution in [2.24, 2.45) is 0 Å². The van der Waals surface area contributed by atoms with Crippen LogP contribution in [-0.2, 0) is 6.42 Å². The average Bonchev–Trinajstić information content (AvgIpc) is 2.70. The monoisotopic (exact) mass is 264 g/mol. The summed E-state index contributed by atoms with van der Waals surface area (Å²) in [6.45, 7) is 0. The number of nitrogens with zero attached hydrogens (tertiary/aromatic N) is 2. The Kier molecular flexibility index (Phi) is 2.85. The van der Waals surface area contributed by atoms with E-state index in [1.165, 1.54) is 35.7 Å². The predicted octanol–water partition coefficient (Wildman–Crippen LogP) is 3.57. The highest BCUT2D eigenvalue weighted by atomic mass is 15.2. The van der Waals surface area contributed by atoms with Crippen molar-refractivity contribution in [2.75, 3.05) is 7.05 Å². The minimum absolute atomic E-state index is 0.673. The minimum atomic E-state index is 0.673. The lowest BCUT2D eigenvalue weighted by molar-refractivity contribution is 0.253. The second kappa shape index (κ2) is 4.71. The molecule has 2 bridgehead atoms. The smallest absolute Gasteiger partial charge is 0.0737 e. The van der Waals surface area contributed by atoms with Crippen molar-refractivity contribution in [1.29, 1.82) is 0 Å². The maximum absolute atomic E-state index is 4.58. The molecule has 20 heavy (non-hydrogen) atoms. The summed E-state index contributed by atoms with van der Waals surface area (Å²) in [5.74, 6) is 0. The summed E-state index contributed by atoms with van der Waals surface area (Å²) < 4.78 is 0. The van der Waals surface area contributed by atoms with Crippen molar-refractivity contribution < 1.29 is 0 Å². The number of hydrogen-bond donors (Lipinski definition) is 0. The van der Waals surface area contributed by atoms with Crippen LogP contribution < -0.4 is 0 Å². The van der Waals surface area contributed by atoms with E-state index in [0.717, 1.165) is 12.5 Å². The molecule has 2 aromatic rings. The Labute approximate surface area is 120 Å². The van der Waals surface area contributed by atoms with Crippen molar-refractivity contribution in [2.45, 2.75) is 37.8 Å². The van der Waals surface area contributed by atoms with E-state index in [1.807, 2.05) is 12.3 Å². The Hall–Kier alpha value is -1.67. The molecule has 0 radical (unpaired) electrons. The number of fused-ring (bicyclic) bond motifs is 3. The van der Waals surface area contributed by atoms with Gasteiger partial charge in [-0.2, -0.15) is 0 Å². The molecule has 2 unspecified atom stereocenters. The zero-order valence-corrected chi connectivity index (χ0v) is 11.9. The predicted molar refractivity (Wildman–Crippen MR) is 82.7 cm³/mol. The number of likely N-dealkylation sites (N-methyl/N-ethyl adjacent to an activating group) is 1. The third-order valence-corrected chi connectivity index (χ3v) is 4.95. The molecular formula is C18H20N2. The van der Waals surface area contributed by atoms with E-state index in [4.69, 9.17) is 0 Å². The molecule has 2 nitrogen and oxygen atoms in total. The highest BCUT2D eigenvalue weighted by Crippen LogP contribution is 2.35. The first-order valence-corrected chi connectivity index (χ1v) is 7.55. The molecule has 1 fully saturated rings. The molecule has 0 aliphatic carbocycles. The molecule has 1 saturated heterocycles. The molecule has 2 atom stereocenters. The second-order valence-electron chi connectivity index (χ2n) is 6.16. The Bertz CT molecular complexity index is 669. The fraction of sp³-hybridized carbons (Fsp3) is 0.389. The summed E-state index contributed by atoms with van der Waals surface area (Å²) in [7, 11) is 2.27. The van der Waals surface area contributed by atoms with Crippen molar-refractivity contribution >= 4 is 10.9 Å². The van der Waals surface area contributed by atoms with Gasteiger partial charge in [-0.1, -0.05) is 35.9 Å². The first kappa shape index (κ1) is 12.1. The van der Waals surface area contributed by atoms with Crippen molar-refractivity contribution in [1.82, 2.24) is 9.88 Å². The maximum Gasteiger partial charge on any atom is 0.0737 e. The van der Waals surface area contributed by atoms with E-state index < -0.39 is 0 Å². The van der Waals surface area contributed by atoms with Crippen LogP contribution in [-0.4, -0.2) is 29.0 Å². The molecule has 4 rings (SSSR count). The van der Waals surface area contributed by atoms with Gasteiger partial charge in [0.25, 0.3) is 0 Å². The van der Waals surface area contributed by atoms with Gasteiger partial charge in [0.1, 0.15) is 0 Å². The molecule has 3 heterocycles. The van der Waals surface area contributed by atoms with Gasteiger partial charge in [-0.05, 0) is 44.4 Å². The zero-order chi connectivity index (χ0) is 13.5. The van der Waals surface area contributed by atoms with E-state index in [9.17, 15) is 0 Å². The largest absolute Gasteiger partial charge is 0.297 e. The van der Waals surface area contributed by atoms with Gasteiger partial charge in [0.15, 0.2) is 0 Å². The number of aromatic nitrogens is 1. The van der Waals surface area contributed by atoms with Crippen molar-refractivity contribution in [3.05, 3.63) is 53.7 Å². The van der Waals surface area contributed by atoms with Crippen LogP contribution in [0.1, 0.15) is 24.8 Å². The number of benzene rings is 1. The molecule has 2 heteroatoms. The first-order chi connectivity index (χ1) is 9.81. The lowest BCUT2D eigenvalue weighted by Gasteiger charge is -2.30. The quantitative estimate of drug-likeness (QED) is 0.771. The molecule has 0 N–H and O–H groups in total. The van der Waals surface area contributed by atoms with Gasteiger partial charge in [-0.3, -0.25) is 9.88 Å². The molecule has 2 aliphatic rings. The normalized spacial score (nSPS) is 25.9. The summed E-state index contributed by atoms with van der Waals surface area (Å²) in [5, 5.41) is 1.25. The summed E-state index contributed by atoms with van der Waals surface area (Å²) in [6, 6.07) is 12.1. The molecule has 0 amide bonds. The first-order valence-electron chi connectivity index (χ1n) is 7.55. The van der Waals surface area contributed by atoms with Gasteiger partial charge in [0, 0.05) is 23.7 Å². The van der Waals surface area contributed by atoms with Crippen LogP contribution in [0, 0.1) is 0 Å². The third kappa shape index (κ3) is 1.95. The zero-order valence-electron chi connectivity index (χ0n) is 11.9. The van der Waals surface area contributed by atoms with Crippen LogP contribution in [0.3, 0.4) is 0 Å². The van der Waals surface area contributed by atoms with Crippen LogP contribution in [0.2, 0.25) is 0 Å². The van der Waals surface area contributed by atoms with Crippen LogP contribution >= 0.6 is 0 Å². The summed E-state index contributed by atoms with van der Waals surface area (Å²) in [6.07, 6.45) is 9.39. The maximum atomic E-state index is 4.58. The van der Waals surface area contributed by atoms with Gasteiger partial charge in [-0.15, -0.1) is 0 Å². The number of para-hydroxylation sites is 1. The highest BCUT2D eigenvalue weighted by molar-refractivity contribution is 5.81. The van der Waals surface area contributed by atoms with Crippen LogP contribution in [0.5, 0.6) is 0 Å². The number of hydrogen-bond acceptors (Lipinski definition) is 2. The topological polar surface area (TPSA) is 16.1 Å². The van der Waals surface area contributed by atoms with E-state index in [2.05, 4.69) is 47.3 Å². The average molecular weight is 264 g/mol. The fourth-order valence-corrected chi connectivity index (χ4v) is 3.82. The Balaban J connectivity index is 1.67. The molecular weight excluding hydrogens is 244 g/mol. The minimum Gasteiger partial charge on any atom is -0.297 e. The van der Waals surface area contributed by atoms with E-state index in [1.54, 1.807) is 5.57 Å². The van der Waals surface area contributed by atoms with Crippen LogP contribution in [0.4, 0.5) is 0 Å². The van der Waals surface area contributed by atoms with Gasteiger partial charge in [0.05, 0.1) is 5.52 Å². The fourth-order valence-electron chi connectivity index (χ4n) is 3.82. The van der Waals surface area contributed by atoms with Gasteiger partial charge < -0.3 is 0 Å². The van der Waals surface area contributed by atoms with Crippen LogP contribution in [0.15, 0.2) is 48.2 Å². The highest BCUT2D eigenvalue weighted by Gasteiger charge is 2.33. The molecule has 2 aliphatic heterocycles. The Morgan fingerprint density at radius 2 is 2.10 bits per heavy atom. The lowest BCUT2D eigenvalue weighted by Crippen LogP contribution is -2.35. The molecule has 102 valence electrons. The summed E-state index contributed by atoms with van der Waals surface area (Å²) in [4.78, 5) is 7.12. The third-order valence-electron chi connectivity index (χ3n) is 4.95. The van der Waals surface area contributed by atoms with E-state index >= 15 is 0 Å². The van der Waals surface area contributed by atoms with Crippen molar-refractivity contribution in [3.63, 3.8) is 0 Å². The number of rotatable bonds is 2. The summed E-state index contributed by atoms with van der Waals surface area (Å²) >= 11 is 0. The Morgan fingerprint density at radius 1 is 1.20 bits per heavy atom. The molecule has 1 aromatic carbocycles. The van der Waals surface area contributed by atoms with Gasteiger partial charge >= 0.3 is 0 Å². The van der Waals surface area contributed by atoms with Gasteiger partial charge in [0.2, 0.25) is 0 Å². The van der Waals surface area contributed by atoms with Gasteiger partial charge in [-0.25, -0.2) is 0 Å². The standard InChI is InChI=1S/C18H20N2/c1-20-16-7-8-17(20)12-13(11-16)10-15-5-2-4-14-6-3-9-19-18(14)15/h2-6,9,11,16-17H,7-8,10,12H2,1H3. The number of pyridine rings is 1. The Morgan fingerprint density at radius 3 is 3.00 bits per heavy atom. The van der Waals surface area contributed by atoms with Crippen LogP contribution in [0.25, 0.3) is 10.9 Å². The molecule has 1 aromatic heterocycles. The van der Waals surface area contributed by atoms with Crippen molar-refractivity contribution in [3.8, 4) is 0 Å². The lowest BCUT2D eigenvalue weighted by atomic mass is 9.94. The molecule has 0 spiro atoms. The SMILES string of the molecule is CN1C2C=C(Cc3cccc4cccnc34)CC1CC2. The molecule has 0 saturated carbocycles. The van der Waals surface area contributed by atoms with E-state index in [0.29, 0.717) is 6.04 Å². The second-order valence-corrected chi connectivity index (χ2v) is 6.16. The van der Waals surface area contributed by atoms with E-state index in [-0.39, 0.29) is 0 Å². The summed E-state index contributed by atoms with van der Waals surface area (Å²) in [5.41, 5.74) is 4.15.